The van der Waals surface area contributed by atoms with E-state index in [0.717, 1.165) is 48.9 Å². The van der Waals surface area contributed by atoms with E-state index < -0.39 is 0 Å². The Labute approximate surface area is 222 Å². The highest BCUT2D eigenvalue weighted by Crippen LogP contribution is 2.35. The summed E-state index contributed by atoms with van der Waals surface area (Å²) < 4.78 is 26.2. The van der Waals surface area contributed by atoms with Gasteiger partial charge in [0.25, 0.3) is 0 Å². The molecular formula is C30H34FN5O2. The SMILES string of the molecule is CCOc1cc(CN2CCC(Nc3nc(-c4ccccc4F)c4ccccc4n3)CC2)cc(OCC)c1N. The molecule has 0 amide bonds. The topological polar surface area (TPSA) is 85.5 Å². The zero-order chi connectivity index (χ0) is 26.5. The summed E-state index contributed by atoms with van der Waals surface area (Å²) in [6, 6.07) is 18.7. The van der Waals surface area contributed by atoms with Gasteiger partial charge in [0.05, 0.1) is 24.4 Å². The van der Waals surface area contributed by atoms with Crippen LogP contribution < -0.4 is 20.5 Å². The zero-order valence-electron chi connectivity index (χ0n) is 21.9. The first-order valence-electron chi connectivity index (χ1n) is 13.2. The molecule has 3 N–H and O–H groups in total. The Morgan fingerprint density at radius 3 is 2.29 bits per heavy atom. The predicted molar refractivity (Wildman–Crippen MR) is 150 cm³/mol. The summed E-state index contributed by atoms with van der Waals surface area (Å²) in [5, 5.41) is 4.35. The summed E-state index contributed by atoms with van der Waals surface area (Å²) in [7, 11) is 0. The Morgan fingerprint density at radius 1 is 0.947 bits per heavy atom. The Kier molecular flexibility index (Phi) is 7.89. The Hall–Kier alpha value is -3.91. The largest absolute Gasteiger partial charge is 0.492 e. The number of piperidine rings is 1. The molecule has 7 nitrogen and oxygen atoms in total. The van der Waals surface area contributed by atoms with Gasteiger partial charge in [-0.2, -0.15) is 0 Å². The molecule has 2 heterocycles. The molecule has 38 heavy (non-hydrogen) atoms. The van der Waals surface area contributed by atoms with Gasteiger partial charge >= 0.3 is 0 Å². The van der Waals surface area contributed by atoms with Gasteiger partial charge in [-0.25, -0.2) is 14.4 Å². The fourth-order valence-electron chi connectivity index (χ4n) is 4.97. The lowest BCUT2D eigenvalue weighted by atomic mass is 10.0. The van der Waals surface area contributed by atoms with Gasteiger partial charge in [0.1, 0.15) is 23.0 Å². The lowest BCUT2D eigenvalue weighted by Gasteiger charge is -2.32. The van der Waals surface area contributed by atoms with Gasteiger partial charge in [0, 0.05) is 36.6 Å². The normalized spacial score (nSPS) is 14.5. The molecule has 1 saturated heterocycles. The van der Waals surface area contributed by atoms with E-state index in [4.69, 9.17) is 25.2 Å². The van der Waals surface area contributed by atoms with Crippen molar-refractivity contribution in [3.8, 4) is 22.8 Å². The smallest absolute Gasteiger partial charge is 0.224 e. The second-order valence-corrected chi connectivity index (χ2v) is 9.46. The van der Waals surface area contributed by atoms with E-state index in [1.54, 1.807) is 12.1 Å². The molecule has 8 heteroatoms. The summed E-state index contributed by atoms with van der Waals surface area (Å²) >= 11 is 0. The molecule has 0 saturated carbocycles. The van der Waals surface area contributed by atoms with E-state index in [1.807, 2.05) is 56.3 Å². The van der Waals surface area contributed by atoms with Crippen molar-refractivity contribution in [2.45, 2.75) is 39.3 Å². The number of nitrogens with one attached hydrogen (secondary N) is 1. The summed E-state index contributed by atoms with van der Waals surface area (Å²) in [6.07, 6.45) is 1.88. The van der Waals surface area contributed by atoms with Crippen molar-refractivity contribution in [3.63, 3.8) is 0 Å². The fraction of sp³-hybridized carbons (Fsp3) is 0.333. The number of ether oxygens (including phenoxy) is 2. The number of rotatable bonds is 9. The summed E-state index contributed by atoms with van der Waals surface area (Å²) in [5.74, 6) is 1.58. The van der Waals surface area contributed by atoms with Gasteiger partial charge in [-0.3, -0.25) is 4.90 Å². The molecule has 198 valence electrons. The number of fused-ring (bicyclic) bond motifs is 1. The Balaban J connectivity index is 1.28. The summed E-state index contributed by atoms with van der Waals surface area (Å²) in [4.78, 5) is 11.9. The third-order valence-corrected chi connectivity index (χ3v) is 6.82. The second kappa shape index (κ2) is 11.6. The average molecular weight is 516 g/mol. The van der Waals surface area contributed by atoms with Crippen LogP contribution in [0.2, 0.25) is 0 Å². The number of para-hydroxylation sites is 1. The fourth-order valence-corrected chi connectivity index (χ4v) is 4.97. The molecule has 0 radical (unpaired) electrons. The number of halogens is 1. The van der Waals surface area contributed by atoms with Crippen LogP contribution in [0.5, 0.6) is 11.5 Å². The number of nitrogens with two attached hydrogens (primary N) is 1. The minimum atomic E-state index is -0.293. The van der Waals surface area contributed by atoms with E-state index in [-0.39, 0.29) is 11.9 Å². The molecular weight excluding hydrogens is 481 g/mol. The number of nitrogen functional groups attached to an aromatic ring is 1. The lowest BCUT2D eigenvalue weighted by Crippen LogP contribution is -2.39. The number of nitrogens with zero attached hydrogens (tertiary/aromatic N) is 3. The molecule has 1 fully saturated rings. The Morgan fingerprint density at radius 2 is 1.61 bits per heavy atom. The van der Waals surface area contributed by atoms with Crippen LogP contribution in [-0.2, 0) is 6.54 Å². The molecule has 0 unspecified atom stereocenters. The number of hydrogen-bond donors (Lipinski definition) is 2. The first kappa shape index (κ1) is 25.7. The van der Waals surface area contributed by atoms with Crippen molar-refractivity contribution in [1.82, 2.24) is 14.9 Å². The first-order valence-corrected chi connectivity index (χ1v) is 13.2. The third-order valence-electron chi connectivity index (χ3n) is 6.82. The number of likely N-dealkylation sites (tertiary alicyclic amines) is 1. The maximum atomic E-state index is 14.7. The molecule has 3 aromatic carbocycles. The van der Waals surface area contributed by atoms with Gasteiger partial charge in [-0.05, 0) is 62.6 Å². The van der Waals surface area contributed by atoms with E-state index in [1.165, 1.54) is 6.07 Å². The highest BCUT2D eigenvalue weighted by atomic mass is 19.1. The van der Waals surface area contributed by atoms with Crippen molar-refractivity contribution in [3.05, 3.63) is 72.0 Å². The van der Waals surface area contributed by atoms with Gasteiger partial charge in [0.2, 0.25) is 5.95 Å². The minimum Gasteiger partial charge on any atom is -0.492 e. The quantitative estimate of drug-likeness (QED) is 0.269. The summed E-state index contributed by atoms with van der Waals surface area (Å²) in [6.45, 7) is 7.62. The van der Waals surface area contributed by atoms with Crippen molar-refractivity contribution < 1.29 is 13.9 Å². The predicted octanol–water partition coefficient (Wildman–Crippen LogP) is 5.89. The van der Waals surface area contributed by atoms with E-state index in [0.29, 0.717) is 47.6 Å². The molecule has 0 aliphatic carbocycles. The number of benzene rings is 3. The van der Waals surface area contributed by atoms with Crippen LogP contribution in [0.25, 0.3) is 22.2 Å². The highest BCUT2D eigenvalue weighted by molar-refractivity contribution is 5.93. The second-order valence-electron chi connectivity index (χ2n) is 9.46. The van der Waals surface area contributed by atoms with Crippen LogP contribution in [0.3, 0.4) is 0 Å². The minimum absolute atomic E-state index is 0.227. The molecule has 5 rings (SSSR count). The monoisotopic (exact) mass is 515 g/mol. The highest BCUT2D eigenvalue weighted by Gasteiger charge is 2.22. The molecule has 1 aromatic heterocycles. The van der Waals surface area contributed by atoms with Gasteiger partial charge in [-0.1, -0.05) is 30.3 Å². The Bertz CT molecular complexity index is 1380. The molecule has 4 aromatic rings. The maximum absolute atomic E-state index is 14.7. The third kappa shape index (κ3) is 5.65. The van der Waals surface area contributed by atoms with Crippen LogP contribution in [0.4, 0.5) is 16.0 Å². The van der Waals surface area contributed by atoms with Crippen LogP contribution >= 0.6 is 0 Å². The van der Waals surface area contributed by atoms with Crippen LogP contribution in [-0.4, -0.2) is 47.2 Å². The lowest BCUT2D eigenvalue weighted by molar-refractivity contribution is 0.210. The van der Waals surface area contributed by atoms with Crippen molar-refractivity contribution in [1.29, 1.82) is 0 Å². The van der Waals surface area contributed by atoms with E-state index >= 15 is 0 Å². The van der Waals surface area contributed by atoms with E-state index in [2.05, 4.69) is 10.2 Å². The van der Waals surface area contributed by atoms with Crippen LogP contribution in [0.1, 0.15) is 32.3 Å². The molecule has 1 aliphatic heterocycles. The van der Waals surface area contributed by atoms with Crippen LogP contribution in [0.15, 0.2) is 60.7 Å². The molecule has 0 atom stereocenters. The van der Waals surface area contributed by atoms with Crippen LogP contribution in [0, 0.1) is 5.82 Å². The van der Waals surface area contributed by atoms with E-state index in [9.17, 15) is 4.39 Å². The zero-order valence-corrected chi connectivity index (χ0v) is 21.9. The summed E-state index contributed by atoms with van der Waals surface area (Å²) in [5.41, 5.74) is 9.77. The van der Waals surface area contributed by atoms with Gasteiger partial charge in [0.15, 0.2) is 0 Å². The van der Waals surface area contributed by atoms with Crippen molar-refractivity contribution >= 4 is 22.5 Å². The molecule has 0 spiro atoms. The first-order chi connectivity index (χ1) is 18.6. The van der Waals surface area contributed by atoms with Gasteiger partial charge < -0.3 is 20.5 Å². The number of hydrogen-bond acceptors (Lipinski definition) is 7. The molecule has 0 bridgehead atoms. The van der Waals surface area contributed by atoms with Crippen molar-refractivity contribution in [2.24, 2.45) is 0 Å². The maximum Gasteiger partial charge on any atom is 0.224 e. The number of aromatic nitrogens is 2. The van der Waals surface area contributed by atoms with Gasteiger partial charge in [-0.15, -0.1) is 0 Å². The number of anilines is 2. The molecule has 1 aliphatic rings. The average Bonchev–Trinajstić information content (AvgIpc) is 2.92. The standard InChI is InChI=1S/C30H34FN5O2/c1-3-37-26-17-20(18-27(28(26)32)38-4-2)19-36-15-13-21(14-16-36)33-30-34-25-12-8-6-10-23(25)29(35-30)22-9-5-7-11-24(22)31/h5-12,17-18,21H,3-4,13-16,19,32H2,1-2H3,(H,33,34,35). The van der Waals surface area contributed by atoms with Crippen molar-refractivity contribution in [2.75, 3.05) is 37.4 Å².